The first-order chi connectivity index (χ1) is 10.2. The van der Waals surface area contributed by atoms with Crippen LogP contribution in [0.25, 0.3) is 22.4 Å². The number of nitrogens with zero attached hydrogens (tertiary/aromatic N) is 4. The average molecular weight is 281 g/mol. The Morgan fingerprint density at radius 3 is 2.52 bits per heavy atom. The number of rotatable bonds is 3. The van der Waals surface area contributed by atoms with Crippen LogP contribution in [-0.4, -0.2) is 32.1 Å². The molecule has 0 saturated carbocycles. The predicted molar refractivity (Wildman–Crippen MR) is 80.9 cm³/mol. The number of aromatic nitrogens is 4. The number of hydrogen-bond acceptors (Lipinski definition) is 5. The maximum absolute atomic E-state index is 10.2. The second-order valence-corrected chi connectivity index (χ2v) is 4.69. The fraction of sp³-hybridized carbons (Fsp3) is 0.133. The van der Waals surface area contributed by atoms with Crippen molar-refractivity contribution in [3.8, 4) is 28.1 Å². The minimum atomic E-state index is 0.169. The zero-order chi connectivity index (χ0) is 14.8. The number of aryl methyl sites for hydroxylation is 1. The summed E-state index contributed by atoms with van der Waals surface area (Å²) in [5.74, 6) is 0.855. The standard InChI is InChI=1S/C15H15N5O/c1-16-15-6-5-13(18-19-15)12-4-3-10(7-14(12)21)11-8-17-20(2)9-11/h3-9,21H,1-2H3,(H,16,19). The lowest BCUT2D eigenvalue weighted by molar-refractivity contribution is 0.477. The highest BCUT2D eigenvalue weighted by Gasteiger charge is 2.09. The van der Waals surface area contributed by atoms with E-state index in [4.69, 9.17) is 0 Å². The van der Waals surface area contributed by atoms with Gasteiger partial charge in [-0.15, -0.1) is 10.2 Å². The number of hydrogen-bond donors (Lipinski definition) is 2. The van der Waals surface area contributed by atoms with Gasteiger partial charge in [-0.3, -0.25) is 4.68 Å². The van der Waals surface area contributed by atoms with Gasteiger partial charge in [-0.25, -0.2) is 0 Å². The summed E-state index contributed by atoms with van der Waals surface area (Å²) >= 11 is 0. The van der Waals surface area contributed by atoms with Crippen LogP contribution in [0.15, 0.2) is 42.7 Å². The SMILES string of the molecule is CNc1ccc(-c2ccc(-c3cnn(C)c3)cc2O)nn1. The Balaban J connectivity index is 1.97. The molecule has 106 valence electrons. The van der Waals surface area contributed by atoms with Crippen LogP contribution in [0.4, 0.5) is 5.82 Å². The van der Waals surface area contributed by atoms with E-state index in [9.17, 15) is 5.11 Å². The van der Waals surface area contributed by atoms with Crippen LogP contribution in [0, 0.1) is 0 Å². The predicted octanol–water partition coefficient (Wildman–Crippen LogP) is 2.29. The van der Waals surface area contributed by atoms with Gasteiger partial charge in [0.1, 0.15) is 11.6 Å². The first kappa shape index (κ1) is 13.1. The summed E-state index contributed by atoms with van der Waals surface area (Å²) in [6.45, 7) is 0. The molecule has 1 aromatic carbocycles. The van der Waals surface area contributed by atoms with Gasteiger partial charge in [0.15, 0.2) is 0 Å². The number of anilines is 1. The Morgan fingerprint density at radius 2 is 1.95 bits per heavy atom. The molecule has 2 aromatic heterocycles. The third-order valence-corrected chi connectivity index (χ3v) is 3.23. The van der Waals surface area contributed by atoms with E-state index in [0.717, 1.165) is 11.1 Å². The summed E-state index contributed by atoms with van der Waals surface area (Å²) < 4.78 is 1.72. The summed E-state index contributed by atoms with van der Waals surface area (Å²) in [5, 5.41) is 25.4. The van der Waals surface area contributed by atoms with Gasteiger partial charge in [0.2, 0.25) is 0 Å². The van der Waals surface area contributed by atoms with E-state index < -0.39 is 0 Å². The molecule has 0 radical (unpaired) electrons. The number of benzene rings is 1. The van der Waals surface area contributed by atoms with Gasteiger partial charge in [-0.2, -0.15) is 5.10 Å². The van der Waals surface area contributed by atoms with E-state index in [1.165, 1.54) is 0 Å². The summed E-state index contributed by atoms with van der Waals surface area (Å²) in [4.78, 5) is 0. The van der Waals surface area contributed by atoms with E-state index in [2.05, 4.69) is 20.6 Å². The second kappa shape index (κ2) is 5.24. The number of aromatic hydroxyl groups is 1. The van der Waals surface area contributed by atoms with E-state index >= 15 is 0 Å². The van der Waals surface area contributed by atoms with Crippen LogP contribution < -0.4 is 5.32 Å². The largest absolute Gasteiger partial charge is 0.507 e. The molecule has 6 nitrogen and oxygen atoms in total. The van der Waals surface area contributed by atoms with E-state index in [1.54, 1.807) is 24.0 Å². The topological polar surface area (TPSA) is 75.9 Å². The highest BCUT2D eigenvalue weighted by Crippen LogP contribution is 2.32. The van der Waals surface area contributed by atoms with Crippen molar-refractivity contribution in [1.82, 2.24) is 20.0 Å². The molecule has 0 aliphatic rings. The van der Waals surface area contributed by atoms with Crippen molar-refractivity contribution in [1.29, 1.82) is 0 Å². The van der Waals surface area contributed by atoms with Crippen LogP contribution in [0.5, 0.6) is 5.75 Å². The van der Waals surface area contributed by atoms with Crippen molar-refractivity contribution >= 4 is 5.82 Å². The molecule has 2 N–H and O–H groups in total. The molecule has 0 spiro atoms. The highest BCUT2D eigenvalue weighted by molar-refractivity contribution is 5.73. The normalized spacial score (nSPS) is 10.6. The fourth-order valence-corrected chi connectivity index (χ4v) is 2.11. The van der Waals surface area contributed by atoms with E-state index in [1.807, 2.05) is 37.5 Å². The van der Waals surface area contributed by atoms with Crippen LogP contribution in [0.2, 0.25) is 0 Å². The molecule has 0 aliphatic carbocycles. The molecule has 0 bridgehead atoms. The number of nitrogens with one attached hydrogen (secondary N) is 1. The molecular formula is C15H15N5O. The molecule has 2 heterocycles. The van der Waals surface area contributed by atoms with Crippen molar-refractivity contribution in [3.05, 3.63) is 42.7 Å². The lowest BCUT2D eigenvalue weighted by Gasteiger charge is -2.06. The van der Waals surface area contributed by atoms with Gasteiger partial charge in [0.25, 0.3) is 0 Å². The maximum atomic E-state index is 10.2. The Hall–Kier alpha value is -2.89. The molecule has 21 heavy (non-hydrogen) atoms. The maximum Gasteiger partial charge on any atom is 0.148 e. The van der Waals surface area contributed by atoms with Gasteiger partial charge < -0.3 is 10.4 Å². The molecule has 0 aliphatic heterocycles. The summed E-state index contributed by atoms with van der Waals surface area (Å²) in [5.41, 5.74) is 3.14. The van der Waals surface area contributed by atoms with Crippen LogP contribution in [-0.2, 0) is 7.05 Å². The molecule has 0 amide bonds. The van der Waals surface area contributed by atoms with Gasteiger partial charge >= 0.3 is 0 Å². The molecule has 3 rings (SSSR count). The first-order valence-electron chi connectivity index (χ1n) is 6.51. The van der Waals surface area contributed by atoms with Crippen molar-refractivity contribution in [3.63, 3.8) is 0 Å². The number of phenols is 1. The van der Waals surface area contributed by atoms with Crippen LogP contribution in [0.3, 0.4) is 0 Å². The molecule has 3 aromatic rings. The smallest absolute Gasteiger partial charge is 0.148 e. The zero-order valence-corrected chi connectivity index (χ0v) is 11.8. The highest BCUT2D eigenvalue weighted by atomic mass is 16.3. The minimum absolute atomic E-state index is 0.169. The van der Waals surface area contributed by atoms with E-state index in [-0.39, 0.29) is 5.75 Å². The summed E-state index contributed by atoms with van der Waals surface area (Å²) in [7, 11) is 3.64. The second-order valence-electron chi connectivity index (χ2n) is 4.69. The number of phenolic OH excluding ortho intramolecular Hbond substituents is 1. The quantitative estimate of drug-likeness (QED) is 0.770. The molecular weight excluding hydrogens is 266 g/mol. The average Bonchev–Trinajstić information content (AvgIpc) is 2.94. The zero-order valence-electron chi connectivity index (χ0n) is 11.8. The van der Waals surface area contributed by atoms with Gasteiger partial charge in [0, 0.05) is 31.4 Å². The van der Waals surface area contributed by atoms with Crippen LogP contribution >= 0.6 is 0 Å². The monoisotopic (exact) mass is 281 g/mol. The molecule has 0 saturated heterocycles. The third-order valence-electron chi connectivity index (χ3n) is 3.23. The Kier molecular flexibility index (Phi) is 3.27. The van der Waals surface area contributed by atoms with E-state index in [0.29, 0.717) is 17.1 Å². The Labute approximate surface area is 122 Å². The lowest BCUT2D eigenvalue weighted by Crippen LogP contribution is -1.95. The van der Waals surface area contributed by atoms with Crippen molar-refractivity contribution in [2.45, 2.75) is 0 Å². The molecule has 6 heteroatoms. The van der Waals surface area contributed by atoms with Gasteiger partial charge in [0.05, 0.1) is 11.9 Å². The molecule has 0 unspecified atom stereocenters. The Morgan fingerprint density at radius 1 is 1.10 bits per heavy atom. The summed E-state index contributed by atoms with van der Waals surface area (Å²) in [6, 6.07) is 9.11. The summed E-state index contributed by atoms with van der Waals surface area (Å²) in [6.07, 6.45) is 3.66. The van der Waals surface area contributed by atoms with Crippen LogP contribution in [0.1, 0.15) is 0 Å². The first-order valence-corrected chi connectivity index (χ1v) is 6.51. The molecule has 0 atom stereocenters. The Bertz CT molecular complexity index is 764. The minimum Gasteiger partial charge on any atom is -0.507 e. The third kappa shape index (κ3) is 2.55. The van der Waals surface area contributed by atoms with Crippen molar-refractivity contribution in [2.24, 2.45) is 7.05 Å². The van der Waals surface area contributed by atoms with Crippen molar-refractivity contribution in [2.75, 3.05) is 12.4 Å². The van der Waals surface area contributed by atoms with Gasteiger partial charge in [-0.1, -0.05) is 6.07 Å². The fourth-order valence-electron chi connectivity index (χ4n) is 2.11. The lowest BCUT2D eigenvalue weighted by atomic mass is 10.0. The van der Waals surface area contributed by atoms with Gasteiger partial charge in [-0.05, 0) is 29.8 Å². The van der Waals surface area contributed by atoms with Crippen molar-refractivity contribution < 1.29 is 5.11 Å². The molecule has 0 fully saturated rings.